The Hall–Kier alpha value is -1.46. The molecule has 6 heteroatoms. The molecule has 1 rings (SSSR count). The van der Waals surface area contributed by atoms with Gasteiger partial charge in [-0.15, -0.1) is 0 Å². The lowest BCUT2D eigenvalue weighted by Gasteiger charge is -2.06. The van der Waals surface area contributed by atoms with Crippen LogP contribution in [0.25, 0.3) is 0 Å². The molecule has 0 atom stereocenters. The van der Waals surface area contributed by atoms with Gasteiger partial charge in [0.2, 0.25) is 11.1 Å². The van der Waals surface area contributed by atoms with E-state index in [1.54, 1.807) is 12.1 Å². The molecule has 0 aliphatic carbocycles. The predicted molar refractivity (Wildman–Crippen MR) is 78.4 cm³/mol. The van der Waals surface area contributed by atoms with E-state index in [4.69, 9.17) is 16.3 Å². The fourth-order valence-electron chi connectivity index (χ4n) is 1.69. The summed E-state index contributed by atoms with van der Waals surface area (Å²) >= 11 is 5.21. The molecular formula is C15H19ClFNO3. The van der Waals surface area contributed by atoms with Crippen LogP contribution >= 0.6 is 11.6 Å². The summed E-state index contributed by atoms with van der Waals surface area (Å²) in [6, 6.07) is 5.94. The minimum Gasteiger partial charge on any atom is -0.367 e. The lowest BCUT2D eigenvalue weighted by atomic mass is 10.2. The van der Waals surface area contributed by atoms with Gasteiger partial charge in [-0.25, -0.2) is 4.39 Å². The van der Waals surface area contributed by atoms with Crippen LogP contribution in [0.2, 0.25) is 0 Å². The zero-order valence-corrected chi connectivity index (χ0v) is 12.5. The molecule has 0 bridgehead atoms. The zero-order chi connectivity index (χ0) is 15.5. The van der Waals surface area contributed by atoms with Gasteiger partial charge < -0.3 is 10.1 Å². The summed E-state index contributed by atoms with van der Waals surface area (Å²) < 4.78 is 17.9. The van der Waals surface area contributed by atoms with E-state index in [1.165, 1.54) is 12.1 Å². The molecule has 0 fully saturated rings. The highest BCUT2D eigenvalue weighted by atomic mass is 35.5. The van der Waals surface area contributed by atoms with E-state index < -0.39 is 0 Å². The van der Waals surface area contributed by atoms with Crippen molar-refractivity contribution in [3.05, 3.63) is 35.6 Å². The van der Waals surface area contributed by atoms with Crippen LogP contribution in [0.3, 0.4) is 0 Å². The molecule has 1 N–H and O–H groups in total. The minimum absolute atomic E-state index is 0.0302. The first-order valence-electron chi connectivity index (χ1n) is 6.85. The van der Waals surface area contributed by atoms with Crippen LogP contribution in [-0.4, -0.2) is 24.3 Å². The summed E-state index contributed by atoms with van der Waals surface area (Å²) in [6.45, 7) is 0.790. The Morgan fingerprint density at radius 1 is 1.14 bits per heavy atom. The molecule has 21 heavy (non-hydrogen) atoms. The van der Waals surface area contributed by atoms with E-state index in [2.05, 4.69) is 5.32 Å². The number of rotatable bonds is 10. The maximum Gasteiger partial charge on any atom is 0.246 e. The predicted octanol–water partition coefficient (Wildman–Crippen LogP) is 2.78. The van der Waals surface area contributed by atoms with Gasteiger partial charge in [-0.1, -0.05) is 18.6 Å². The van der Waals surface area contributed by atoms with Crippen LogP contribution in [0.4, 0.5) is 4.39 Å². The molecule has 1 amide bonds. The molecule has 4 nitrogen and oxygen atoms in total. The fraction of sp³-hybridized carbons (Fsp3) is 0.467. The summed E-state index contributed by atoms with van der Waals surface area (Å²) in [5.41, 5.74) is 0.815. The van der Waals surface area contributed by atoms with Crippen molar-refractivity contribution in [2.45, 2.75) is 32.3 Å². The Labute approximate surface area is 128 Å². The van der Waals surface area contributed by atoms with Gasteiger partial charge in [-0.3, -0.25) is 9.59 Å². The summed E-state index contributed by atoms with van der Waals surface area (Å²) in [4.78, 5) is 22.0. The van der Waals surface area contributed by atoms with Crippen LogP contribution in [0.1, 0.15) is 31.2 Å². The van der Waals surface area contributed by atoms with Gasteiger partial charge in [0.25, 0.3) is 0 Å². The number of benzene rings is 1. The topological polar surface area (TPSA) is 55.4 Å². The Kier molecular flexibility index (Phi) is 8.62. The Balaban J connectivity index is 2.01. The van der Waals surface area contributed by atoms with E-state index in [-0.39, 0.29) is 30.2 Å². The molecule has 0 spiro atoms. The average molecular weight is 316 g/mol. The number of carbonyl (C=O) groups is 2. The second kappa shape index (κ2) is 10.3. The number of nitrogens with one attached hydrogen (secondary N) is 1. The molecular weight excluding hydrogens is 297 g/mol. The fourth-order valence-corrected chi connectivity index (χ4v) is 1.82. The normalized spacial score (nSPS) is 10.4. The molecule has 1 aromatic carbocycles. The van der Waals surface area contributed by atoms with Crippen molar-refractivity contribution >= 4 is 22.8 Å². The number of halogens is 2. The van der Waals surface area contributed by atoms with Crippen LogP contribution in [0, 0.1) is 5.82 Å². The first kappa shape index (κ1) is 17.6. The Bertz CT molecular complexity index is 451. The standard InChI is InChI=1S/C15H19ClFNO3/c16-14(19)4-2-1-3-9-18-15(20)11-21-10-12-5-7-13(17)8-6-12/h5-8H,1-4,9-11H2,(H,18,20). The molecule has 0 aliphatic rings. The van der Waals surface area contributed by atoms with E-state index in [1.807, 2.05) is 0 Å². The smallest absolute Gasteiger partial charge is 0.246 e. The highest BCUT2D eigenvalue weighted by Gasteiger charge is 2.02. The lowest BCUT2D eigenvalue weighted by Crippen LogP contribution is -2.28. The molecule has 0 saturated heterocycles. The number of amides is 1. The van der Waals surface area contributed by atoms with Crippen LogP contribution in [-0.2, 0) is 20.9 Å². The molecule has 0 radical (unpaired) electrons. The van der Waals surface area contributed by atoms with Gasteiger partial charge in [0.15, 0.2) is 0 Å². The number of carbonyl (C=O) groups excluding carboxylic acids is 2. The lowest BCUT2D eigenvalue weighted by molar-refractivity contribution is -0.126. The molecule has 0 heterocycles. The zero-order valence-electron chi connectivity index (χ0n) is 11.7. The molecule has 0 aromatic heterocycles. The highest BCUT2D eigenvalue weighted by Crippen LogP contribution is 2.04. The van der Waals surface area contributed by atoms with Crippen molar-refractivity contribution in [1.82, 2.24) is 5.32 Å². The Morgan fingerprint density at radius 3 is 2.52 bits per heavy atom. The summed E-state index contributed by atoms with van der Waals surface area (Å²) in [7, 11) is 0. The van der Waals surface area contributed by atoms with E-state index in [9.17, 15) is 14.0 Å². The van der Waals surface area contributed by atoms with Gasteiger partial charge in [-0.2, -0.15) is 0 Å². The van der Waals surface area contributed by atoms with Crippen molar-refractivity contribution in [1.29, 1.82) is 0 Å². The first-order valence-corrected chi connectivity index (χ1v) is 7.23. The minimum atomic E-state index is -0.326. The molecule has 1 aromatic rings. The van der Waals surface area contributed by atoms with Crippen molar-refractivity contribution in [2.75, 3.05) is 13.2 Å². The van der Waals surface area contributed by atoms with Crippen molar-refractivity contribution < 1.29 is 18.7 Å². The number of hydrogen-bond acceptors (Lipinski definition) is 3. The monoisotopic (exact) mass is 315 g/mol. The van der Waals surface area contributed by atoms with E-state index >= 15 is 0 Å². The summed E-state index contributed by atoms with van der Waals surface area (Å²) in [5.74, 6) is -0.488. The third-order valence-electron chi connectivity index (χ3n) is 2.79. The molecule has 116 valence electrons. The summed E-state index contributed by atoms with van der Waals surface area (Å²) in [5, 5.41) is 2.40. The third kappa shape index (κ3) is 9.15. The van der Waals surface area contributed by atoms with Crippen molar-refractivity contribution in [2.24, 2.45) is 0 Å². The number of unbranched alkanes of at least 4 members (excludes halogenated alkanes) is 2. The second-order valence-electron chi connectivity index (χ2n) is 4.63. The van der Waals surface area contributed by atoms with Gasteiger partial charge in [0, 0.05) is 13.0 Å². The number of ether oxygens (including phenoxy) is 1. The summed E-state index contributed by atoms with van der Waals surface area (Å²) in [6.07, 6.45) is 2.75. The second-order valence-corrected chi connectivity index (χ2v) is 5.06. The van der Waals surface area contributed by atoms with Crippen LogP contribution in [0.5, 0.6) is 0 Å². The third-order valence-corrected chi connectivity index (χ3v) is 2.98. The quantitative estimate of drug-likeness (QED) is 0.533. The van der Waals surface area contributed by atoms with Gasteiger partial charge in [0.1, 0.15) is 12.4 Å². The van der Waals surface area contributed by atoms with Crippen molar-refractivity contribution in [3.8, 4) is 0 Å². The number of hydrogen-bond donors (Lipinski definition) is 1. The maximum atomic E-state index is 12.7. The molecule has 0 saturated carbocycles. The molecule has 0 unspecified atom stereocenters. The largest absolute Gasteiger partial charge is 0.367 e. The van der Waals surface area contributed by atoms with Crippen LogP contribution in [0.15, 0.2) is 24.3 Å². The van der Waals surface area contributed by atoms with Crippen LogP contribution < -0.4 is 5.32 Å². The Morgan fingerprint density at radius 2 is 1.86 bits per heavy atom. The van der Waals surface area contributed by atoms with E-state index in [0.29, 0.717) is 13.0 Å². The molecule has 0 aliphatic heterocycles. The van der Waals surface area contributed by atoms with Gasteiger partial charge in [-0.05, 0) is 42.1 Å². The van der Waals surface area contributed by atoms with E-state index in [0.717, 1.165) is 24.8 Å². The SMILES string of the molecule is O=C(Cl)CCCCCNC(=O)COCc1ccc(F)cc1. The maximum absolute atomic E-state index is 12.7. The van der Waals surface area contributed by atoms with Crippen molar-refractivity contribution in [3.63, 3.8) is 0 Å². The average Bonchev–Trinajstić information content (AvgIpc) is 2.44. The van der Waals surface area contributed by atoms with Gasteiger partial charge >= 0.3 is 0 Å². The highest BCUT2D eigenvalue weighted by molar-refractivity contribution is 6.63. The van der Waals surface area contributed by atoms with Gasteiger partial charge in [0.05, 0.1) is 6.61 Å². The first-order chi connectivity index (χ1) is 10.1.